The van der Waals surface area contributed by atoms with Gasteiger partial charge in [0.05, 0.1) is 15.9 Å². The van der Waals surface area contributed by atoms with Crippen molar-refractivity contribution in [1.82, 2.24) is 13.9 Å². The van der Waals surface area contributed by atoms with Crippen molar-refractivity contribution in [1.29, 1.82) is 0 Å². The maximum Gasteiger partial charge on any atom is 0.244 e. The molecule has 0 bridgehead atoms. The first-order valence-corrected chi connectivity index (χ1v) is 13.0. The van der Waals surface area contributed by atoms with Gasteiger partial charge in [0, 0.05) is 18.8 Å². The lowest BCUT2D eigenvalue weighted by Crippen LogP contribution is -2.28. The molecule has 0 aliphatic carbocycles. The lowest BCUT2D eigenvalue weighted by atomic mass is 10.3. The third-order valence-electron chi connectivity index (χ3n) is 5.97. The second-order valence-corrected chi connectivity index (χ2v) is 10.3. The number of ether oxygens (including phenoxy) is 1. The average molecular weight is 491 g/mol. The number of carbonyl (C=O) groups is 1. The van der Waals surface area contributed by atoms with Gasteiger partial charge in [0.1, 0.15) is 24.7 Å². The van der Waals surface area contributed by atoms with Crippen LogP contribution in [-0.2, 0) is 28.0 Å². The summed E-state index contributed by atoms with van der Waals surface area (Å²) < 4.78 is 35.0. The van der Waals surface area contributed by atoms with Gasteiger partial charge in [-0.05, 0) is 55.3 Å². The van der Waals surface area contributed by atoms with E-state index < -0.39 is 10.0 Å². The Bertz CT molecular complexity index is 1440. The summed E-state index contributed by atoms with van der Waals surface area (Å²) in [6.45, 7) is 1.27. The number of anilines is 1. The van der Waals surface area contributed by atoms with E-state index in [0.29, 0.717) is 30.4 Å². The van der Waals surface area contributed by atoms with Crippen LogP contribution >= 0.6 is 0 Å². The van der Waals surface area contributed by atoms with E-state index in [2.05, 4.69) is 10.3 Å². The highest BCUT2D eigenvalue weighted by Crippen LogP contribution is 2.24. The van der Waals surface area contributed by atoms with E-state index in [0.717, 1.165) is 23.9 Å². The van der Waals surface area contributed by atoms with E-state index >= 15 is 0 Å². The molecule has 0 spiro atoms. The van der Waals surface area contributed by atoms with Gasteiger partial charge in [0.2, 0.25) is 15.9 Å². The molecule has 5 rings (SSSR count). The number of aromatic nitrogens is 2. The smallest absolute Gasteiger partial charge is 0.244 e. The van der Waals surface area contributed by atoms with Crippen molar-refractivity contribution in [3.63, 3.8) is 0 Å². The molecule has 1 amide bonds. The summed E-state index contributed by atoms with van der Waals surface area (Å²) in [5, 5.41) is 2.84. The van der Waals surface area contributed by atoms with Crippen LogP contribution in [0.1, 0.15) is 18.7 Å². The fourth-order valence-electron chi connectivity index (χ4n) is 4.23. The number of carbonyl (C=O) groups excluding carboxylic acids is 1. The summed E-state index contributed by atoms with van der Waals surface area (Å²) in [7, 11) is -3.57. The lowest BCUT2D eigenvalue weighted by molar-refractivity contribution is -0.116. The maximum absolute atomic E-state index is 13.0. The molecule has 8 nitrogen and oxygen atoms in total. The summed E-state index contributed by atoms with van der Waals surface area (Å²) in [4.78, 5) is 17.8. The molecule has 1 aromatic heterocycles. The standard InChI is InChI=1S/C26H26N4O4S/c31-26(27-20-9-8-12-22(17-20)35(32,33)29-15-6-7-16-29)18-30-24-14-5-4-13-23(24)28-25(30)19-34-21-10-2-1-3-11-21/h1-5,8-14,17H,6-7,15-16,18-19H2,(H,27,31). The molecule has 4 aromatic rings. The van der Waals surface area contributed by atoms with E-state index in [1.54, 1.807) is 18.2 Å². The van der Waals surface area contributed by atoms with Crippen LogP contribution in [0.5, 0.6) is 5.75 Å². The third kappa shape index (κ3) is 5.06. The van der Waals surface area contributed by atoms with Gasteiger partial charge in [-0.2, -0.15) is 4.31 Å². The van der Waals surface area contributed by atoms with Crippen molar-refractivity contribution in [3.05, 3.63) is 84.7 Å². The van der Waals surface area contributed by atoms with Crippen LogP contribution in [0.2, 0.25) is 0 Å². The number of sulfonamides is 1. The first-order valence-electron chi connectivity index (χ1n) is 11.5. The topological polar surface area (TPSA) is 93.5 Å². The Morgan fingerprint density at radius 3 is 2.49 bits per heavy atom. The molecule has 1 aliphatic rings. The average Bonchev–Trinajstić information content (AvgIpc) is 3.53. The number of fused-ring (bicyclic) bond motifs is 1. The van der Waals surface area contributed by atoms with E-state index in [-0.39, 0.29) is 24.0 Å². The Morgan fingerprint density at radius 1 is 0.943 bits per heavy atom. The number of hydrogen-bond acceptors (Lipinski definition) is 5. The summed E-state index contributed by atoms with van der Waals surface area (Å²) in [5.74, 6) is 1.05. The molecule has 180 valence electrons. The van der Waals surface area contributed by atoms with Crippen molar-refractivity contribution in [2.45, 2.75) is 30.9 Å². The van der Waals surface area contributed by atoms with Crippen LogP contribution in [0.4, 0.5) is 5.69 Å². The number of benzene rings is 3. The first kappa shape index (κ1) is 23.1. The van der Waals surface area contributed by atoms with Gasteiger partial charge in [-0.3, -0.25) is 4.79 Å². The van der Waals surface area contributed by atoms with Crippen molar-refractivity contribution in [2.75, 3.05) is 18.4 Å². The molecule has 0 unspecified atom stereocenters. The van der Waals surface area contributed by atoms with Gasteiger partial charge in [-0.1, -0.05) is 36.4 Å². The molecule has 35 heavy (non-hydrogen) atoms. The molecule has 1 aliphatic heterocycles. The van der Waals surface area contributed by atoms with Gasteiger partial charge in [-0.15, -0.1) is 0 Å². The quantitative estimate of drug-likeness (QED) is 0.402. The second-order valence-electron chi connectivity index (χ2n) is 8.39. The lowest BCUT2D eigenvalue weighted by Gasteiger charge is -2.16. The first-order chi connectivity index (χ1) is 17.0. The molecule has 1 fully saturated rings. The minimum atomic E-state index is -3.57. The summed E-state index contributed by atoms with van der Waals surface area (Å²) in [5.41, 5.74) is 2.02. The molecule has 0 radical (unpaired) electrons. The molecular formula is C26H26N4O4S. The Labute approximate surface area is 204 Å². The van der Waals surface area contributed by atoms with E-state index in [1.165, 1.54) is 10.4 Å². The molecule has 1 N–H and O–H groups in total. The molecule has 3 aromatic carbocycles. The summed E-state index contributed by atoms with van der Waals surface area (Å²) in [6.07, 6.45) is 1.73. The number of nitrogens with zero attached hydrogens (tertiary/aromatic N) is 3. The number of amides is 1. The van der Waals surface area contributed by atoms with Crippen LogP contribution < -0.4 is 10.1 Å². The molecule has 0 saturated carbocycles. The van der Waals surface area contributed by atoms with Crippen LogP contribution in [-0.4, -0.2) is 41.3 Å². The highest BCUT2D eigenvalue weighted by atomic mass is 32.2. The minimum Gasteiger partial charge on any atom is -0.486 e. The fraction of sp³-hybridized carbons (Fsp3) is 0.231. The number of rotatable bonds is 8. The molecule has 2 heterocycles. The summed E-state index contributed by atoms with van der Waals surface area (Å²) >= 11 is 0. The number of hydrogen-bond donors (Lipinski definition) is 1. The Kier molecular flexibility index (Phi) is 6.52. The van der Waals surface area contributed by atoms with Crippen LogP contribution in [0, 0.1) is 0 Å². The normalized spacial score (nSPS) is 14.3. The van der Waals surface area contributed by atoms with Crippen molar-refractivity contribution < 1.29 is 17.9 Å². The Balaban J connectivity index is 1.34. The highest BCUT2D eigenvalue weighted by molar-refractivity contribution is 7.89. The van der Waals surface area contributed by atoms with Crippen LogP contribution in [0.15, 0.2) is 83.8 Å². The Hall–Kier alpha value is -3.69. The predicted molar refractivity (Wildman–Crippen MR) is 134 cm³/mol. The van der Waals surface area contributed by atoms with Crippen LogP contribution in [0.3, 0.4) is 0 Å². The molecule has 1 saturated heterocycles. The molecule has 9 heteroatoms. The van der Waals surface area contributed by atoms with E-state index in [9.17, 15) is 13.2 Å². The number of para-hydroxylation sites is 3. The second kappa shape index (κ2) is 9.89. The zero-order valence-electron chi connectivity index (χ0n) is 19.1. The third-order valence-corrected chi connectivity index (χ3v) is 7.86. The minimum absolute atomic E-state index is 0.0110. The Morgan fingerprint density at radius 2 is 1.69 bits per heavy atom. The fourth-order valence-corrected chi connectivity index (χ4v) is 5.80. The van der Waals surface area contributed by atoms with Crippen LogP contribution in [0.25, 0.3) is 11.0 Å². The van der Waals surface area contributed by atoms with Gasteiger partial charge in [-0.25, -0.2) is 13.4 Å². The number of imidazole rings is 1. The zero-order valence-corrected chi connectivity index (χ0v) is 19.9. The number of nitrogens with one attached hydrogen (secondary N) is 1. The molecule has 0 atom stereocenters. The highest BCUT2D eigenvalue weighted by Gasteiger charge is 2.27. The van der Waals surface area contributed by atoms with Crippen molar-refractivity contribution >= 4 is 32.7 Å². The van der Waals surface area contributed by atoms with Gasteiger partial charge < -0.3 is 14.6 Å². The van der Waals surface area contributed by atoms with Gasteiger partial charge in [0.15, 0.2) is 0 Å². The van der Waals surface area contributed by atoms with Crippen molar-refractivity contribution in [2.24, 2.45) is 0 Å². The van der Waals surface area contributed by atoms with E-state index in [1.807, 2.05) is 59.2 Å². The SMILES string of the molecule is O=C(Cn1c(COc2ccccc2)nc2ccccc21)Nc1cccc(S(=O)(=O)N2CCCC2)c1. The van der Waals surface area contributed by atoms with Gasteiger partial charge in [0.25, 0.3) is 0 Å². The zero-order chi connectivity index (χ0) is 24.3. The summed E-state index contributed by atoms with van der Waals surface area (Å²) in [6, 6.07) is 23.4. The maximum atomic E-state index is 13.0. The largest absolute Gasteiger partial charge is 0.486 e. The predicted octanol–water partition coefficient (Wildman–Crippen LogP) is 4.04. The van der Waals surface area contributed by atoms with E-state index in [4.69, 9.17) is 4.74 Å². The van der Waals surface area contributed by atoms with Crippen molar-refractivity contribution in [3.8, 4) is 5.75 Å². The molecular weight excluding hydrogens is 464 g/mol. The monoisotopic (exact) mass is 490 g/mol. The van der Waals surface area contributed by atoms with Gasteiger partial charge >= 0.3 is 0 Å².